The molecule has 7 nitrogen and oxygen atoms in total. The van der Waals surface area contributed by atoms with Gasteiger partial charge >= 0.3 is 6.09 Å². The first-order valence-corrected chi connectivity index (χ1v) is 8.34. The number of fused-ring (bicyclic) bond motifs is 1. The van der Waals surface area contributed by atoms with E-state index in [0.717, 1.165) is 6.07 Å². The molecule has 1 amide bonds. The SMILES string of the molecule is CC(C)(C)OC(=O)Nc1ccc(Oc2ccnc3ncc(Cl)nc23)cc1F. The second kappa shape index (κ2) is 7.32. The van der Waals surface area contributed by atoms with E-state index in [1.54, 1.807) is 26.8 Å². The van der Waals surface area contributed by atoms with Crippen LogP contribution in [-0.2, 0) is 4.74 Å². The van der Waals surface area contributed by atoms with Gasteiger partial charge < -0.3 is 9.47 Å². The van der Waals surface area contributed by atoms with Gasteiger partial charge in [0.2, 0.25) is 0 Å². The maximum absolute atomic E-state index is 14.3. The fourth-order valence-electron chi connectivity index (χ4n) is 2.16. The Kier molecular flexibility index (Phi) is 5.09. The maximum Gasteiger partial charge on any atom is 0.412 e. The van der Waals surface area contributed by atoms with E-state index in [9.17, 15) is 9.18 Å². The first-order chi connectivity index (χ1) is 12.7. The van der Waals surface area contributed by atoms with Crippen molar-refractivity contribution in [1.29, 1.82) is 0 Å². The molecular weight excluding hydrogens is 375 g/mol. The molecule has 9 heteroatoms. The van der Waals surface area contributed by atoms with Crippen molar-refractivity contribution >= 4 is 34.5 Å². The molecule has 0 aliphatic heterocycles. The quantitative estimate of drug-likeness (QED) is 0.680. The number of hydrogen-bond donors (Lipinski definition) is 1. The van der Waals surface area contributed by atoms with Gasteiger partial charge in [0.05, 0.1) is 11.9 Å². The van der Waals surface area contributed by atoms with E-state index in [2.05, 4.69) is 20.3 Å². The Hall–Kier alpha value is -3.00. The van der Waals surface area contributed by atoms with Crippen molar-refractivity contribution in [1.82, 2.24) is 15.0 Å². The Morgan fingerprint density at radius 2 is 2.00 bits per heavy atom. The van der Waals surface area contributed by atoms with Crippen molar-refractivity contribution < 1.29 is 18.7 Å². The fraction of sp³-hybridized carbons (Fsp3) is 0.222. The lowest BCUT2D eigenvalue weighted by atomic mass is 10.2. The van der Waals surface area contributed by atoms with Gasteiger partial charge in [-0.2, -0.15) is 0 Å². The van der Waals surface area contributed by atoms with Gasteiger partial charge in [-0.3, -0.25) is 5.32 Å². The number of carbonyl (C=O) groups is 1. The Morgan fingerprint density at radius 1 is 1.22 bits per heavy atom. The average Bonchev–Trinajstić information content (AvgIpc) is 2.56. The van der Waals surface area contributed by atoms with Gasteiger partial charge in [0, 0.05) is 18.3 Å². The summed E-state index contributed by atoms with van der Waals surface area (Å²) in [5, 5.41) is 2.54. The minimum atomic E-state index is -0.750. The van der Waals surface area contributed by atoms with E-state index in [1.165, 1.54) is 24.5 Å². The van der Waals surface area contributed by atoms with Crippen molar-refractivity contribution in [3.8, 4) is 11.5 Å². The molecule has 0 aliphatic carbocycles. The predicted molar refractivity (Wildman–Crippen MR) is 98.7 cm³/mol. The Morgan fingerprint density at radius 3 is 2.70 bits per heavy atom. The summed E-state index contributed by atoms with van der Waals surface area (Å²) in [5.41, 5.74) is -0.0186. The summed E-state index contributed by atoms with van der Waals surface area (Å²) in [7, 11) is 0. The Labute approximate surface area is 159 Å². The summed E-state index contributed by atoms with van der Waals surface area (Å²) in [6.07, 6.45) is 2.12. The number of nitrogens with one attached hydrogen (secondary N) is 1. The molecule has 0 atom stereocenters. The summed E-state index contributed by atoms with van der Waals surface area (Å²) < 4.78 is 25.1. The third kappa shape index (κ3) is 4.79. The zero-order valence-electron chi connectivity index (χ0n) is 14.8. The van der Waals surface area contributed by atoms with Crippen LogP contribution in [0.1, 0.15) is 20.8 Å². The summed E-state index contributed by atoms with van der Waals surface area (Å²) in [4.78, 5) is 24.0. The van der Waals surface area contributed by atoms with Crippen molar-refractivity contribution in [2.45, 2.75) is 26.4 Å². The molecule has 0 bridgehead atoms. The minimum Gasteiger partial charge on any atom is -0.455 e. The number of anilines is 1. The first-order valence-electron chi connectivity index (χ1n) is 7.96. The zero-order valence-corrected chi connectivity index (χ0v) is 15.5. The molecule has 140 valence electrons. The van der Waals surface area contributed by atoms with Crippen LogP contribution in [0.25, 0.3) is 11.2 Å². The molecule has 0 saturated heterocycles. The van der Waals surface area contributed by atoms with Crippen LogP contribution in [0.2, 0.25) is 5.15 Å². The predicted octanol–water partition coefficient (Wildman–Crippen LogP) is 4.96. The lowest BCUT2D eigenvalue weighted by molar-refractivity contribution is 0.0635. The highest BCUT2D eigenvalue weighted by Crippen LogP contribution is 2.29. The average molecular weight is 391 g/mol. The van der Waals surface area contributed by atoms with E-state index < -0.39 is 17.5 Å². The zero-order chi connectivity index (χ0) is 19.6. The van der Waals surface area contributed by atoms with Gasteiger partial charge in [-0.1, -0.05) is 11.6 Å². The molecule has 0 spiro atoms. The lowest BCUT2D eigenvalue weighted by Gasteiger charge is -2.19. The van der Waals surface area contributed by atoms with E-state index >= 15 is 0 Å². The topological polar surface area (TPSA) is 86.2 Å². The van der Waals surface area contributed by atoms with Crippen molar-refractivity contribution in [2.75, 3.05) is 5.32 Å². The Balaban J connectivity index is 1.81. The monoisotopic (exact) mass is 390 g/mol. The number of hydrogen-bond acceptors (Lipinski definition) is 6. The molecule has 1 N–H and O–H groups in total. The molecule has 0 aliphatic rings. The minimum absolute atomic E-state index is 0.0287. The highest BCUT2D eigenvalue weighted by Gasteiger charge is 2.18. The third-order valence-electron chi connectivity index (χ3n) is 3.18. The van der Waals surface area contributed by atoms with Crippen LogP contribution in [0, 0.1) is 5.82 Å². The fourth-order valence-corrected chi connectivity index (χ4v) is 2.29. The molecule has 3 rings (SSSR count). The lowest BCUT2D eigenvalue weighted by Crippen LogP contribution is -2.27. The van der Waals surface area contributed by atoms with Gasteiger partial charge in [0.25, 0.3) is 0 Å². The number of rotatable bonds is 3. The molecule has 0 unspecified atom stereocenters. The highest BCUT2D eigenvalue weighted by atomic mass is 35.5. The van der Waals surface area contributed by atoms with Gasteiger partial charge in [-0.25, -0.2) is 24.1 Å². The molecule has 0 saturated carbocycles. The summed E-state index contributed by atoms with van der Waals surface area (Å²) >= 11 is 5.86. The normalized spacial score (nSPS) is 11.3. The third-order valence-corrected chi connectivity index (χ3v) is 3.37. The largest absolute Gasteiger partial charge is 0.455 e. The molecule has 2 heterocycles. The van der Waals surface area contributed by atoms with E-state index in [4.69, 9.17) is 21.1 Å². The van der Waals surface area contributed by atoms with Gasteiger partial charge in [-0.15, -0.1) is 0 Å². The smallest absolute Gasteiger partial charge is 0.412 e. The van der Waals surface area contributed by atoms with Crippen molar-refractivity contribution in [3.05, 3.63) is 47.6 Å². The molecule has 0 radical (unpaired) electrons. The molecular formula is C18H16ClFN4O3. The van der Waals surface area contributed by atoms with Crippen molar-refractivity contribution in [3.63, 3.8) is 0 Å². The number of pyridine rings is 1. The second-order valence-electron chi connectivity index (χ2n) is 6.54. The van der Waals surface area contributed by atoms with E-state index in [1.807, 2.05) is 0 Å². The first kappa shape index (κ1) is 18.8. The van der Waals surface area contributed by atoms with Crippen LogP contribution in [0.5, 0.6) is 11.5 Å². The molecule has 3 aromatic rings. The van der Waals surface area contributed by atoms with E-state index in [-0.39, 0.29) is 16.6 Å². The number of carbonyl (C=O) groups excluding carboxylic acids is 1. The molecule has 27 heavy (non-hydrogen) atoms. The number of aromatic nitrogens is 3. The van der Waals surface area contributed by atoms with Crippen LogP contribution in [0.4, 0.5) is 14.9 Å². The van der Waals surface area contributed by atoms with Crippen LogP contribution in [0.15, 0.2) is 36.7 Å². The van der Waals surface area contributed by atoms with E-state index in [0.29, 0.717) is 16.9 Å². The number of amides is 1. The summed E-state index contributed by atoms with van der Waals surface area (Å²) in [5.74, 6) is -0.153. The van der Waals surface area contributed by atoms with Gasteiger partial charge in [-0.05, 0) is 32.9 Å². The van der Waals surface area contributed by atoms with Gasteiger partial charge in [0.1, 0.15) is 16.5 Å². The second-order valence-corrected chi connectivity index (χ2v) is 6.93. The number of ether oxygens (including phenoxy) is 2. The maximum atomic E-state index is 14.3. The Bertz CT molecular complexity index is 1010. The van der Waals surface area contributed by atoms with Crippen LogP contribution >= 0.6 is 11.6 Å². The van der Waals surface area contributed by atoms with Gasteiger partial charge in [0.15, 0.2) is 22.7 Å². The van der Waals surface area contributed by atoms with Crippen molar-refractivity contribution in [2.24, 2.45) is 0 Å². The van der Waals surface area contributed by atoms with Crippen LogP contribution in [-0.4, -0.2) is 26.6 Å². The standard InChI is InChI=1S/C18H16ClFN4O3/c1-18(2,3)27-17(25)23-12-5-4-10(8-11(12)20)26-13-6-7-21-16-15(13)24-14(19)9-22-16/h4-9H,1-3H3,(H,23,25). The van der Waals surface area contributed by atoms with Crippen LogP contribution < -0.4 is 10.1 Å². The molecule has 1 aromatic carbocycles. The summed E-state index contributed by atoms with van der Waals surface area (Å²) in [6.45, 7) is 5.15. The molecule has 0 fully saturated rings. The molecule has 2 aromatic heterocycles. The number of benzene rings is 1. The highest BCUT2D eigenvalue weighted by molar-refractivity contribution is 6.29. The summed E-state index contributed by atoms with van der Waals surface area (Å²) in [6, 6.07) is 5.58. The number of halogens is 2. The van der Waals surface area contributed by atoms with Crippen LogP contribution in [0.3, 0.4) is 0 Å². The number of nitrogens with zero attached hydrogens (tertiary/aromatic N) is 3.